The van der Waals surface area contributed by atoms with E-state index >= 15 is 0 Å². The number of aromatic nitrogens is 1. The normalized spacial score (nSPS) is 11.7. The van der Waals surface area contributed by atoms with Crippen LogP contribution in [-0.4, -0.2) is 24.6 Å². The molecule has 0 aliphatic rings. The Morgan fingerprint density at radius 2 is 1.90 bits per heavy atom. The number of hydrogen-bond donors (Lipinski definition) is 1. The highest BCUT2D eigenvalue weighted by atomic mass is 32.1. The highest BCUT2D eigenvalue weighted by Gasteiger charge is 2.16. The van der Waals surface area contributed by atoms with Gasteiger partial charge in [-0.2, -0.15) is 0 Å². The van der Waals surface area contributed by atoms with Crippen molar-refractivity contribution in [2.75, 3.05) is 13.7 Å². The van der Waals surface area contributed by atoms with Crippen LogP contribution in [0.3, 0.4) is 0 Å². The van der Waals surface area contributed by atoms with Gasteiger partial charge in [0.1, 0.15) is 16.5 Å². The average Bonchev–Trinajstić information content (AvgIpc) is 3.21. The number of thiazole rings is 1. The molecule has 0 fully saturated rings. The first-order valence-corrected chi connectivity index (χ1v) is 10.6. The molecule has 152 valence electrons. The van der Waals surface area contributed by atoms with E-state index in [1.165, 1.54) is 11.3 Å². The fourth-order valence-electron chi connectivity index (χ4n) is 3.10. The molecule has 5 nitrogen and oxygen atoms in total. The molecule has 0 aliphatic heterocycles. The molecule has 0 aliphatic carbocycles. The van der Waals surface area contributed by atoms with E-state index in [2.05, 4.69) is 17.2 Å². The van der Waals surface area contributed by atoms with Crippen LogP contribution in [-0.2, 0) is 11.2 Å². The summed E-state index contributed by atoms with van der Waals surface area (Å²) in [6.07, 6.45) is 1.06. The molecule has 1 atom stereocenters. The molecule has 0 saturated carbocycles. The van der Waals surface area contributed by atoms with E-state index in [0.717, 1.165) is 39.7 Å². The van der Waals surface area contributed by atoms with Crippen molar-refractivity contribution < 1.29 is 14.3 Å². The summed E-state index contributed by atoms with van der Waals surface area (Å²) in [7, 11) is 1.64. The van der Waals surface area contributed by atoms with E-state index in [9.17, 15) is 4.79 Å². The molecule has 2 aromatic carbocycles. The maximum Gasteiger partial charge on any atom is 0.226 e. The van der Waals surface area contributed by atoms with E-state index in [1.54, 1.807) is 7.11 Å². The van der Waals surface area contributed by atoms with E-state index < -0.39 is 0 Å². The Kier molecular flexibility index (Phi) is 7.25. The number of benzene rings is 2. The van der Waals surface area contributed by atoms with E-state index in [4.69, 9.17) is 9.47 Å². The zero-order chi connectivity index (χ0) is 20.6. The van der Waals surface area contributed by atoms with E-state index in [0.29, 0.717) is 6.61 Å². The van der Waals surface area contributed by atoms with Crippen LogP contribution in [0.1, 0.15) is 37.6 Å². The Labute approximate surface area is 175 Å². The van der Waals surface area contributed by atoms with Gasteiger partial charge in [-0.1, -0.05) is 31.2 Å². The number of nitrogens with zero attached hydrogens (tertiary/aromatic N) is 1. The van der Waals surface area contributed by atoms with Crippen molar-refractivity contribution in [2.45, 2.75) is 32.7 Å². The Morgan fingerprint density at radius 3 is 2.59 bits per heavy atom. The summed E-state index contributed by atoms with van der Waals surface area (Å²) in [5.74, 6) is 1.57. The van der Waals surface area contributed by atoms with Gasteiger partial charge >= 0.3 is 0 Å². The van der Waals surface area contributed by atoms with Crippen LogP contribution in [0.2, 0.25) is 0 Å². The summed E-state index contributed by atoms with van der Waals surface area (Å²) in [6, 6.07) is 15.6. The lowest BCUT2D eigenvalue weighted by atomic mass is 10.0. The van der Waals surface area contributed by atoms with Crippen LogP contribution in [0, 0.1) is 0 Å². The average molecular weight is 411 g/mol. The van der Waals surface area contributed by atoms with E-state index in [-0.39, 0.29) is 18.4 Å². The van der Waals surface area contributed by atoms with Crippen LogP contribution < -0.4 is 14.8 Å². The zero-order valence-corrected chi connectivity index (χ0v) is 17.8. The molecule has 0 radical (unpaired) electrons. The van der Waals surface area contributed by atoms with Gasteiger partial charge in [-0.15, -0.1) is 11.3 Å². The summed E-state index contributed by atoms with van der Waals surface area (Å²) in [5.41, 5.74) is 2.78. The maximum atomic E-state index is 12.6. The number of hydrogen-bond acceptors (Lipinski definition) is 5. The van der Waals surface area contributed by atoms with Gasteiger partial charge in [-0.3, -0.25) is 4.79 Å². The molecule has 1 N–H and O–H groups in total. The number of carbonyl (C=O) groups excluding carboxylic acids is 1. The molecule has 3 rings (SSSR count). The SMILES string of the molecule is CCOc1ccccc1-c1nc(CC(=O)NC(CC)c2ccc(OC)cc2)cs1. The van der Waals surface area contributed by atoms with Gasteiger partial charge < -0.3 is 14.8 Å². The van der Waals surface area contributed by atoms with Crippen LogP contribution >= 0.6 is 11.3 Å². The number of ether oxygens (including phenoxy) is 2. The molecular weight excluding hydrogens is 384 g/mol. The third kappa shape index (κ3) is 5.35. The van der Waals surface area contributed by atoms with E-state index in [1.807, 2.05) is 60.8 Å². The van der Waals surface area contributed by atoms with Crippen LogP contribution in [0.25, 0.3) is 10.6 Å². The summed E-state index contributed by atoms with van der Waals surface area (Å²) in [6.45, 7) is 4.61. The highest BCUT2D eigenvalue weighted by molar-refractivity contribution is 7.13. The predicted molar refractivity (Wildman–Crippen MR) is 117 cm³/mol. The van der Waals surface area contributed by atoms with Crippen molar-refractivity contribution in [1.29, 1.82) is 0 Å². The van der Waals surface area contributed by atoms with Gasteiger partial charge in [0.05, 0.1) is 37.4 Å². The summed E-state index contributed by atoms with van der Waals surface area (Å²) >= 11 is 1.52. The fraction of sp³-hybridized carbons (Fsp3) is 0.304. The lowest BCUT2D eigenvalue weighted by Gasteiger charge is -2.17. The van der Waals surface area contributed by atoms with Gasteiger partial charge in [0.15, 0.2) is 0 Å². The predicted octanol–water partition coefficient (Wildman–Crippen LogP) is 5.03. The van der Waals surface area contributed by atoms with Crippen molar-refractivity contribution >= 4 is 17.2 Å². The quantitative estimate of drug-likeness (QED) is 0.538. The first-order valence-electron chi connectivity index (χ1n) is 9.74. The molecular formula is C23H26N2O3S. The standard InChI is InChI=1S/C23H26N2O3S/c1-4-20(16-10-12-18(27-3)13-11-16)25-22(26)14-17-15-29-23(24-17)19-8-6-7-9-21(19)28-5-2/h6-13,15,20H,4-5,14H2,1-3H3,(H,25,26). The van der Waals surface area contributed by atoms with Crippen LogP contribution in [0.5, 0.6) is 11.5 Å². The molecule has 0 saturated heterocycles. The van der Waals surface area contributed by atoms with Crippen molar-refractivity contribution in [2.24, 2.45) is 0 Å². The summed E-state index contributed by atoms with van der Waals surface area (Å²) in [4.78, 5) is 17.3. The Bertz CT molecular complexity index is 937. The third-order valence-corrected chi connectivity index (χ3v) is 5.50. The highest BCUT2D eigenvalue weighted by Crippen LogP contribution is 2.32. The monoisotopic (exact) mass is 410 g/mol. The number of amides is 1. The molecule has 1 unspecified atom stereocenters. The molecule has 29 heavy (non-hydrogen) atoms. The summed E-state index contributed by atoms with van der Waals surface area (Å²) < 4.78 is 10.9. The Balaban J connectivity index is 1.66. The second-order valence-electron chi connectivity index (χ2n) is 6.55. The first kappa shape index (κ1) is 20.9. The largest absolute Gasteiger partial charge is 0.497 e. The number of para-hydroxylation sites is 1. The lowest BCUT2D eigenvalue weighted by Crippen LogP contribution is -2.29. The lowest BCUT2D eigenvalue weighted by molar-refractivity contribution is -0.121. The fourth-order valence-corrected chi connectivity index (χ4v) is 3.95. The topological polar surface area (TPSA) is 60.5 Å². The third-order valence-electron chi connectivity index (χ3n) is 4.57. The number of carbonyl (C=O) groups is 1. The number of rotatable bonds is 9. The first-order chi connectivity index (χ1) is 14.1. The molecule has 1 heterocycles. The van der Waals surface area contributed by atoms with Gasteiger partial charge in [0.2, 0.25) is 5.91 Å². The molecule has 6 heteroatoms. The Morgan fingerprint density at radius 1 is 1.14 bits per heavy atom. The van der Waals surface area contributed by atoms with Gasteiger partial charge in [-0.05, 0) is 43.2 Å². The van der Waals surface area contributed by atoms with Crippen molar-refractivity contribution in [3.8, 4) is 22.1 Å². The molecule has 0 bridgehead atoms. The zero-order valence-electron chi connectivity index (χ0n) is 17.0. The second kappa shape index (κ2) is 10.1. The molecule has 3 aromatic rings. The van der Waals surface area contributed by atoms with Crippen LogP contribution in [0.4, 0.5) is 0 Å². The maximum absolute atomic E-state index is 12.6. The minimum absolute atomic E-state index is 0.0369. The smallest absolute Gasteiger partial charge is 0.226 e. The molecule has 1 amide bonds. The van der Waals surface area contributed by atoms with Crippen molar-refractivity contribution in [3.63, 3.8) is 0 Å². The number of methoxy groups -OCH3 is 1. The molecule has 0 spiro atoms. The number of nitrogens with one attached hydrogen (secondary N) is 1. The second-order valence-corrected chi connectivity index (χ2v) is 7.41. The summed E-state index contributed by atoms with van der Waals surface area (Å²) in [5, 5.41) is 5.91. The van der Waals surface area contributed by atoms with Crippen LogP contribution in [0.15, 0.2) is 53.9 Å². The molecule has 1 aromatic heterocycles. The van der Waals surface area contributed by atoms with Crippen molar-refractivity contribution in [1.82, 2.24) is 10.3 Å². The minimum Gasteiger partial charge on any atom is -0.497 e. The van der Waals surface area contributed by atoms with Gasteiger partial charge in [0.25, 0.3) is 0 Å². The van der Waals surface area contributed by atoms with Crippen molar-refractivity contribution in [3.05, 3.63) is 65.2 Å². The Hall–Kier alpha value is -2.86. The van der Waals surface area contributed by atoms with Gasteiger partial charge in [0, 0.05) is 5.38 Å². The van der Waals surface area contributed by atoms with Gasteiger partial charge in [-0.25, -0.2) is 4.98 Å². The minimum atomic E-state index is -0.0392.